The minimum atomic E-state index is -0.159. The molecular formula is C29H25N3O2. The van der Waals surface area contributed by atoms with E-state index in [4.69, 9.17) is 9.84 Å². The second-order valence-corrected chi connectivity index (χ2v) is 8.12. The highest BCUT2D eigenvalue weighted by atomic mass is 16.5. The van der Waals surface area contributed by atoms with Gasteiger partial charge in [-0.05, 0) is 59.7 Å². The van der Waals surface area contributed by atoms with Crippen LogP contribution in [-0.2, 0) is 0 Å². The Morgan fingerprint density at radius 2 is 1.50 bits per heavy atom. The molecule has 1 aliphatic rings. The van der Waals surface area contributed by atoms with Crippen molar-refractivity contribution in [3.05, 3.63) is 126 Å². The molecule has 1 N–H and O–H groups in total. The summed E-state index contributed by atoms with van der Waals surface area (Å²) in [6.07, 6.45) is 0.802. The van der Waals surface area contributed by atoms with Crippen molar-refractivity contribution < 1.29 is 9.53 Å². The van der Waals surface area contributed by atoms with Crippen molar-refractivity contribution in [2.45, 2.75) is 12.5 Å². The van der Waals surface area contributed by atoms with Crippen LogP contribution in [0.3, 0.4) is 0 Å². The van der Waals surface area contributed by atoms with Crippen molar-refractivity contribution >= 4 is 23.0 Å². The van der Waals surface area contributed by atoms with Crippen molar-refractivity contribution in [3.63, 3.8) is 0 Å². The standard InChI is InChI=1S/C29H25N3O2/c1-34-26-18-14-23(15-19-26)29(33)30-24-16-12-21(13-17-24)27-20-28(22-8-4-2-5-9-22)32(31-27)25-10-6-3-7-11-25/h2-19,28H,20H2,1H3,(H,30,33)/t28-/m1/s1. The van der Waals surface area contributed by atoms with Gasteiger partial charge in [0.15, 0.2) is 0 Å². The number of hydrogen-bond acceptors (Lipinski definition) is 4. The van der Waals surface area contributed by atoms with Crippen LogP contribution < -0.4 is 15.1 Å². The van der Waals surface area contributed by atoms with Gasteiger partial charge in [-0.2, -0.15) is 5.10 Å². The molecule has 1 aliphatic heterocycles. The summed E-state index contributed by atoms with van der Waals surface area (Å²) in [6, 6.07) is 35.8. The largest absolute Gasteiger partial charge is 0.497 e. The molecule has 1 amide bonds. The normalized spacial score (nSPS) is 15.0. The predicted octanol–water partition coefficient (Wildman–Crippen LogP) is 6.30. The fraction of sp³-hybridized carbons (Fsp3) is 0.103. The summed E-state index contributed by atoms with van der Waals surface area (Å²) in [5, 5.41) is 10.0. The summed E-state index contributed by atoms with van der Waals surface area (Å²) >= 11 is 0. The lowest BCUT2D eigenvalue weighted by Gasteiger charge is -2.23. The maximum atomic E-state index is 12.6. The highest BCUT2D eigenvalue weighted by Gasteiger charge is 2.29. The third-order valence-corrected chi connectivity index (χ3v) is 5.94. The van der Waals surface area contributed by atoms with E-state index in [0.29, 0.717) is 5.56 Å². The maximum Gasteiger partial charge on any atom is 0.255 e. The van der Waals surface area contributed by atoms with Crippen LogP contribution in [0.5, 0.6) is 5.75 Å². The molecule has 4 aromatic carbocycles. The fourth-order valence-electron chi connectivity index (χ4n) is 4.13. The number of hydrazone groups is 1. The second kappa shape index (κ2) is 9.63. The number of anilines is 2. The summed E-state index contributed by atoms with van der Waals surface area (Å²) in [7, 11) is 1.60. The van der Waals surface area contributed by atoms with E-state index in [1.54, 1.807) is 31.4 Å². The molecule has 5 rings (SSSR count). The lowest BCUT2D eigenvalue weighted by molar-refractivity contribution is 0.102. The first-order valence-electron chi connectivity index (χ1n) is 11.2. The SMILES string of the molecule is COc1ccc(C(=O)Nc2ccc(C3=NN(c4ccccc4)[C@@H](c4ccccc4)C3)cc2)cc1. The number of carbonyl (C=O) groups is 1. The zero-order chi connectivity index (χ0) is 23.3. The monoisotopic (exact) mass is 447 g/mol. The molecule has 1 atom stereocenters. The van der Waals surface area contributed by atoms with E-state index < -0.39 is 0 Å². The van der Waals surface area contributed by atoms with Gasteiger partial charge in [0.05, 0.1) is 24.6 Å². The summed E-state index contributed by atoms with van der Waals surface area (Å²) in [4.78, 5) is 12.6. The average molecular weight is 448 g/mol. The van der Waals surface area contributed by atoms with Crippen LogP contribution in [0.4, 0.5) is 11.4 Å². The Morgan fingerprint density at radius 1 is 0.853 bits per heavy atom. The van der Waals surface area contributed by atoms with Gasteiger partial charge in [-0.15, -0.1) is 0 Å². The molecule has 0 aliphatic carbocycles. The number of hydrogen-bond donors (Lipinski definition) is 1. The van der Waals surface area contributed by atoms with Crippen molar-refractivity contribution in [3.8, 4) is 5.75 Å². The van der Waals surface area contributed by atoms with Gasteiger partial charge in [0.2, 0.25) is 0 Å². The zero-order valence-electron chi connectivity index (χ0n) is 18.9. The molecule has 0 fully saturated rings. The number of carbonyl (C=O) groups excluding carboxylic acids is 1. The molecular weight excluding hydrogens is 422 g/mol. The fourth-order valence-corrected chi connectivity index (χ4v) is 4.13. The van der Waals surface area contributed by atoms with E-state index in [0.717, 1.165) is 34.8 Å². The number of benzene rings is 4. The molecule has 0 aromatic heterocycles. The minimum absolute atomic E-state index is 0.132. The Labute approximate surface area is 199 Å². The van der Waals surface area contributed by atoms with Crippen LogP contribution in [-0.4, -0.2) is 18.7 Å². The van der Waals surface area contributed by atoms with E-state index in [9.17, 15) is 4.79 Å². The van der Waals surface area contributed by atoms with Gasteiger partial charge < -0.3 is 10.1 Å². The summed E-state index contributed by atoms with van der Waals surface area (Å²) in [5.74, 6) is 0.560. The molecule has 34 heavy (non-hydrogen) atoms. The van der Waals surface area contributed by atoms with Gasteiger partial charge >= 0.3 is 0 Å². The second-order valence-electron chi connectivity index (χ2n) is 8.12. The third-order valence-electron chi connectivity index (χ3n) is 5.94. The predicted molar refractivity (Wildman–Crippen MR) is 137 cm³/mol. The van der Waals surface area contributed by atoms with E-state index in [2.05, 4.69) is 46.7 Å². The first-order chi connectivity index (χ1) is 16.7. The van der Waals surface area contributed by atoms with Crippen LogP contribution in [0.1, 0.15) is 33.9 Å². The quantitative estimate of drug-likeness (QED) is 0.377. The average Bonchev–Trinajstić information content (AvgIpc) is 3.36. The Balaban J connectivity index is 1.35. The summed E-state index contributed by atoms with van der Waals surface area (Å²) < 4.78 is 5.15. The highest BCUT2D eigenvalue weighted by molar-refractivity contribution is 6.06. The Morgan fingerprint density at radius 3 is 2.15 bits per heavy atom. The maximum absolute atomic E-state index is 12.6. The molecule has 0 saturated carbocycles. The molecule has 168 valence electrons. The van der Waals surface area contributed by atoms with Gasteiger partial charge in [-0.1, -0.05) is 60.7 Å². The molecule has 0 radical (unpaired) electrons. The number of nitrogens with zero attached hydrogens (tertiary/aromatic N) is 2. The third kappa shape index (κ3) is 4.55. The summed E-state index contributed by atoms with van der Waals surface area (Å²) in [5.41, 5.74) is 5.67. The van der Waals surface area contributed by atoms with E-state index in [1.807, 2.05) is 48.5 Å². The number of ether oxygens (including phenoxy) is 1. The van der Waals surface area contributed by atoms with Crippen molar-refractivity contribution in [1.82, 2.24) is 0 Å². The number of methoxy groups -OCH3 is 1. The lowest BCUT2D eigenvalue weighted by Crippen LogP contribution is -2.18. The van der Waals surface area contributed by atoms with Gasteiger partial charge in [-0.25, -0.2) is 0 Å². The Hall–Kier alpha value is -4.38. The smallest absolute Gasteiger partial charge is 0.255 e. The van der Waals surface area contributed by atoms with Crippen molar-refractivity contribution in [2.24, 2.45) is 5.10 Å². The molecule has 0 saturated heterocycles. The lowest BCUT2D eigenvalue weighted by atomic mass is 9.98. The highest BCUT2D eigenvalue weighted by Crippen LogP contribution is 2.36. The molecule has 0 bridgehead atoms. The topological polar surface area (TPSA) is 53.9 Å². The van der Waals surface area contributed by atoms with E-state index >= 15 is 0 Å². The zero-order valence-corrected chi connectivity index (χ0v) is 18.9. The molecule has 4 aromatic rings. The number of amides is 1. The number of rotatable bonds is 6. The van der Waals surface area contributed by atoms with Crippen LogP contribution in [0.2, 0.25) is 0 Å². The van der Waals surface area contributed by atoms with Crippen LogP contribution in [0, 0.1) is 0 Å². The molecule has 5 heteroatoms. The number of para-hydroxylation sites is 1. The van der Waals surface area contributed by atoms with E-state index in [1.165, 1.54) is 5.56 Å². The first-order valence-corrected chi connectivity index (χ1v) is 11.2. The molecule has 5 nitrogen and oxygen atoms in total. The van der Waals surface area contributed by atoms with Crippen LogP contribution in [0.25, 0.3) is 0 Å². The van der Waals surface area contributed by atoms with Gasteiger partial charge in [-0.3, -0.25) is 9.80 Å². The molecule has 0 unspecified atom stereocenters. The number of nitrogens with one attached hydrogen (secondary N) is 1. The van der Waals surface area contributed by atoms with Gasteiger partial charge in [0, 0.05) is 17.7 Å². The van der Waals surface area contributed by atoms with Crippen LogP contribution >= 0.6 is 0 Å². The Bertz CT molecular complexity index is 1290. The molecule has 1 heterocycles. The first kappa shape index (κ1) is 21.5. The van der Waals surface area contributed by atoms with Crippen molar-refractivity contribution in [1.29, 1.82) is 0 Å². The van der Waals surface area contributed by atoms with Gasteiger partial charge in [0.25, 0.3) is 5.91 Å². The van der Waals surface area contributed by atoms with Crippen molar-refractivity contribution in [2.75, 3.05) is 17.4 Å². The van der Waals surface area contributed by atoms with Gasteiger partial charge in [0.1, 0.15) is 5.75 Å². The molecule has 0 spiro atoms. The van der Waals surface area contributed by atoms with E-state index in [-0.39, 0.29) is 11.9 Å². The summed E-state index contributed by atoms with van der Waals surface area (Å²) in [6.45, 7) is 0. The minimum Gasteiger partial charge on any atom is -0.497 e. The Kier molecular flexibility index (Phi) is 6.08. The van der Waals surface area contributed by atoms with Crippen LogP contribution in [0.15, 0.2) is 114 Å².